The van der Waals surface area contributed by atoms with Gasteiger partial charge in [-0.05, 0) is 30.7 Å². The third-order valence-electron chi connectivity index (χ3n) is 2.72. The molecule has 2 rings (SSSR count). The van der Waals surface area contributed by atoms with E-state index in [0.717, 1.165) is 0 Å². The van der Waals surface area contributed by atoms with E-state index >= 15 is 0 Å². The third-order valence-corrected chi connectivity index (χ3v) is 2.72. The molecule has 0 aliphatic carbocycles. The van der Waals surface area contributed by atoms with Crippen molar-refractivity contribution in [3.63, 3.8) is 0 Å². The predicted octanol–water partition coefficient (Wildman–Crippen LogP) is 1.43. The Hall–Kier alpha value is -2.74. The summed E-state index contributed by atoms with van der Waals surface area (Å²) in [5.74, 6) is -0.451. The van der Waals surface area contributed by atoms with Crippen molar-refractivity contribution < 1.29 is 4.79 Å². The van der Waals surface area contributed by atoms with Crippen molar-refractivity contribution in [1.82, 2.24) is 10.2 Å². The molecule has 0 atom stereocenters. The molecule has 5 nitrogen and oxygen atoms in total. The number of carbonyl (C=O) groups excluding carboxylic acids is 1. The van der Waals surface area contributed by atoms with E-state index in [1.807, 2.05) is 13.0 Å². The van der Waals surface area contributed by atoms with E-state index < -0.39 is 11.2 Å². The number of rotatable bonds is 3. The molecule has 0 bridgehead atoms. The van der Waals surface area contributed by atoms with Crippen LogP contribution < -0.4 is 5.43 Å². The molecule has 1 N–H and O–H groups in total. The number of hydrogen-bond donors (Lipinski definition) is 1. The number of nitrogens with zero attached hydrogens (tertiary/aromatic N) is 2. The summed E-state index contributed by atoms with van der Waals surface area (Å²) in [4.78, 5) is 23.9. The summed E-state index contributed by atoms with van der Waals surface area (Å²) >= 11 is 0. The monoisotopic (exact) mass is 253 g/mol. The van der Waals surface area contributed by atoms with E-state index in [2.05, 4.69) is 10.2 Å². The molecule has 0 fully saturated rings. The molecular formula is C14H11N3O2. The number of aromatic nitrogens is 2. The summed E-state index contributed by atoms with van der Waals surface area (Å²) in [5, 5.41) is 15.2. The Morgan fingerprint density at radius 1 is 1.37 bits per heavy atom. The van der Waals surface area contributed by atoms with Crippen molar-refractivity contribution in [3.8, 4) is 6.07 Å². The van der Waals surface area contributed by atoms with Gasteiger partial charge in [0.1, 0.15) is 0 Å². The minimum absolute atomic E-state index is 0.137. The lowest BCUT2D eigenvalue weighted by molar-refractivity contribution is 0.103. The maximum Gasteiger partial charge on any atom is 0.217 e. The van der Waals surface area contributed by atoms with Gasteiger partial charge in [0.25, 0.3) is 0 Å². The van der Waals surface area contributed by atoms with Crippen LogP contribution in [0.3, 0.4) is 0 Å². The van der Waals surface area contributed by atoms with Gasteiger partial charge in [0.2, 0.25) is 11.2 Å². The minimum atomic E-state index is -0.451. The highest BCUT2D eigenvalue weighted by Gasteiger charge is 2.15. The molecule has 0 spiro atoms. The fourth-order valence-corrected chi connectivity index (χ4v) is 1.62. The van der Waals surface area contributed by atoms with Gasteiger partial charge >= 0.3 is 0 Å². The molecule has 1 aromatic carbocycles. The second-order valence-electron chi connectivity index (χ2n) is 3.98. The molecule has 94 valence electrons. The van der Waals surface area contributed by atoms with E-state index in [-0.39, 0.29) is 5.69 Å². The van der Waals surface area contributed by atoms with Gasteiger partial charge in [-0.2, -0.15) is 10.4 Å². The van der Waals surface area contributed by atoms with Crippen molar-refractivity contribution in [1.29, 1.82) is 5.26 Å². The minimum Gasteiger partial charge on any atom is -0.287 e. The van der Waals surface area contributed by atoms with Crippen molar-refractivity contribution in [3.05, 3.63) is 63.1 Å². The Balaban J connectivity index is 2.39. The van der Waals surface area contributed by atoms with Crippen LogP contribution in [-0.2, 0) is 6.42 Å². The topological polar surface area (TPSA) is 86.6 Å². The Labute approximate surface area is 109 Å². The van der Waals surface area contributed by atoms with Crippen LogP contribution in [0.25, 0.3) is 0 Å². The lowest BCUT2D eigenvalue weighted by Gasteiger charge is -2.01. The summed E-state index contributed by atoms with van der Waals surface area (Å²) in [6.45, 7) is 1.88. The fourth-order valence-electron chi connectivity index (χ4n) is 1.62. The van der Waals surface area contributed by atoms with Crippen molar-refractivity contribution in [2.75, 3.05) is 0 Å². The number of benzene rings is 1. The molecule has 0 amide bonds. The molecule has 0 radical (unpaired) electrons. The number of aryl methyl sites for hydroxylation is 1. The van der Waals surface area contributed by atoms with E-state index in [1.54, 1.807) is 0 Å². The fraction of sp³-hybridized carbons (Fsp3) is 0.143. The molecule has 0 unspecified atom stereocenters. The van der Waals surface area contributed by atoms with E-state index in [9.17, 15) is 9.59 Å². The van der Waals surface area contributed by atoms with E-state index in [0.29, 0.717) is 23.2 Å². The first-order valence-corrected chi connectivity index (χ1v) is 5.79. The van der Waals surface area contributed by atoms with Gasteiger partial charge in [-0.1, -0.05) is 6.92 Å². The molecule has 0 saturated heterocycles. The highest BCUT2D eigenvalue weighted by atomic mass is 16.1. The zero-order chi connectivity index (χ0) is 13.8. The number of nitriles is 1. The molecule has 0 aliphatic heterocycles. The first-order valence-electron chi connectivity index (χ1n) is 5.79. The van der Waals surface area contributed by atoms with Crippen LogP contribution in [0.4, 0.5) is 0 Å². The number of carbonyl (C=O) groups is 1. The maximum atomic E-state index is 12.1. The van der Waals surface area contributed by atoms with Crippen LogP contribution in [0.15, 0.2) is 35.1 Å². The SMILES string of the molecule is CCc1cc(=O)c(C(=O)c2ccc(C#N)cc2)n[nH]1. The van der Waals surface area contributed by atoms with Crippen LogP contribution in [0.1, 0.15) is 34.2 Å². The number of hydrogen-bond acceptors (Lipinski definition) is 4. The van der Waals surface area contributed by atoms with Crippen molar-refractivity contribution >= 4 is 5.78 Å². The number of H-pyrrole nitrogens is 1. The smallest absolute Gasteiger partial charge is 0.217 e. The van der Waals surface area contributed by atoms with Gasteiger partial charge in [-0.15, -0.1) is 0 Å². The standard InChI is InChI=1S/C14H11N3O2/c1-2-11-7-12(18)13(17-16-11)14(19)10-5-3-9(8-15)4-6-10/h3-7H,2H2,1H3,(H,16,18). The first kappa shape index (κ1) is 12.7. The second kappa shape index (κ2) is 5.27. The highest BCUT2D eigenvalue weighted by molar-refractivity contribution is 6.07. The molecule has 0 saturated carbocycles. The van der Waals surface area contributed by atoms with Gasteiger partial charge in [0.15, 0.2) is 5.69 Å². The average Bonchev–Trinajstić information content (AvgIpc) is 2.46. The molecule has 19 heavy (non-hydrogen) atoms. The normalized spacial score (nSPS) is 9.89. The summed E-state index contributed by atoms with van der Waals surface area (Å²) in [6.07, 6.45) is 0.646. The van der Waals surface area contributed by atoms with Gasteiger partial charge in [-0.3, -0.25) is 14.7 Å². The Morgan fingerprint density at radius 2 is 2.05 bits per heavy atom. The quantitative estimate of drug-likeness (QED) is 0.838. The Bertz CT molecular complexity index is 709. The van der Waals surface area contributed by atoms with Gasteiger partial charge in [-0.25, -0.2) is 0 Å². The Morgan fingerprint density at radius 3 is 2.58 bits per heavy atom. The third kappa shape index (κ3) is 2.58. The van der Waals surface area contributed by atoms with Crippen LogP contribution in [-0.4, -0.2) is 16.0 Å². The average molecular weight is 253 g/mol. The van der Waals surface area contributed by atoms with E-state index in [1.165, 1.54) is 30.3 Å². The summed E-state index contributed by atoms with van der Waals surface area (Å²) in [7, 11) is 0. The van der Waals surface area contributed by atoms with Gasteiger partial charge in [0, 0.05) is 17.3 Å². The summed E-state index contributed by atoms with van der Waals surface area (Å²) in [5.41, 5.74) is 0.939. The first-order chi connectivity index (χ1) is 9.15. The van der Waals surface area contributed by atoms with Crippen LogP contribution in [0, 0.1) is 11.3 Å². The van der Waals surface area contributed by atoms with Crippen molar-refractivity contribution in [2.24, 2.45) is 0 Å². The number of ketones is 1. The molecule has 1 aromatic heterocycles. The number of nitrogens with one attached hydrogen (secondary N) is 1. The Kier molecular flexibility index (Phi) is 3.53. The number of aromatic amines is 1. The second-order valence-corrected chi connectivity index (χ2v) is 3.98. The summed E-state index contributed by atoms with van der Waals surface area (Å²) < 4.78 is 0. The van der Waals surface area contributed by atoms with Crippen LogP contribution >= 0.6 is 0 Å². The molecule has 2 aromatic rings. The summed E-state index contributed by atoms with van der Waals surface area (Å²) in [6, 6.07) is 9.42. The highest BCUT2D eigenvalue weighted by Crippen LogP contribution is 2.07. The zero-order valence-corrected chi connectivity index (χ0v) is 10.3. The predicted molar refractivity (Wildman–Crippen MR) is 68.8 cm³/mol. The maximum absolute atomic E-state index is 12.1. The lowest BCUT2D eigenvalue weighted by atomic mass is 10.1. The van der Waals surface area contributed by atoms with Crippen molar-refractivity contribution in [2.45, 2.75) is 13.3 Å². The van der Waals surface area contributed by atoms with Gasteiger partial charge in [0.05, 0.1) is 11.6 Å². The van der Waals surface area contributed by atoms with Gasteiger partial charge < -0.3 is 0 Å². The molecular weight excluding hydrogens is 242 g/mol. The van der Waals surface area contributed by atoms with E-state index in [4.69, 9.17) is 5.26 Å². The lowest BCUT2D eigenvalue weighted by Crippen LogP contribution is -2.19. The molecule has 0 aliphatic rings. The van der Waals surface area contributed by atoms with Crippen LogP contribution in [0.5, 0.6) is 0 Å². The van der Waals surface area contributed by atoms with Crippen LogP contribution in [0.2, 0.25) is 0 Å². The largest absolute Gasteiger partial charge is 0.287 e. The zero-order valence-electron chi connectivity index (χ0n) is 10.3. The molecule has 1 heterocycles. The molecule has 5 heteroatoms.